The molecule has 0 aliphatic carbocycles. The number of carbonyl (C=O) groups excluding carboxylic acids is 1. The molecule has 1 heterocycles. The summed E-state index contributed by atoms with van der Waals surface area (Å²) in [5, 5.41) is 22.4. The number of carbonyl (C=O) groups is 2. The first-order valence-corrected chi connectivity index (χ1v) is 8.34. The van der Waals surface area contributed by atoms with Crippen molar-refractivity contribution in [1.82, 2.24) is 4.57 Å². The molecule has 1 amide bonds. The third kappa shape index (κ3) is 4.17. The second kappa shape index (κ2) is 7.77. The molecule has 0 spiro atoms. The molecule has 0 aliphatic rings. The van der Waals surface area contributed by atoms with E-state index in [0.29, 0.717) is 21.8 Å². The highest BCUT2D eigenvalue weighted by Crippen LogP contribution is 2.24. The number of fused-ring (bicyclic) bond motifs is 1. The molecule has 7 heteroatoms. The van der Waals surface area contributed by atoms with Crippen LogP contribution < -0.4 is 5.32 Å². The molecule has 0 saturated carbocycles. The van der Waals surface area contributed by atoms with E-state index in [2.05, 4.69) is 5.32 Å². The van der Waals surface area contributed by atoms with Crippen molar-refractivity contribution in [3.8, 4) is 6.07 Å². The number of nitriles is 1. The van der Waals surface area contributed by atoms with Gasteiger partial charge in [-0.3, -0.25) is 9.59 Å². The number of carboxylic acids is 1. The number of nitrogens with zero attached hydrogens (tertiary/aromatic N) is 2. The van der Waals surface area contributed by atoms with Crippen LogP contribution in [0, 0.1) is 11.3 Å². The molecule has 0 atom stereocenters. The minimum absolute atomic E-state index is 0.0943. The molecule has 0 bridgehead atoms. The minimum Gasteiger partial charge on any atom is -0.480 e. The van der Waals surface area contributed by atoms with Crippen molar-refractivity contribution >= 4 is 46.1 Å². The van der Waals surface area contributed by atoms with Crippen LogP contribution in [0.25, 0.3) is 17.0 Å². The number of carboxylic acid groups (broad SMARTS) is 1. The summed E-state index contributed by atoms with van der Waals surface area (Å²) in [4.78, 5) is 23.5. The maximum Gasteiger partial charge on any atom is 0.323 e. The van der Waals surface area contributed by atoms with E-state index in [9.17, 15) is 14.9 Å². The SMILES string of the molecule is N#C/C(=C/c1cn(CC(=O)O)c2ccccc12)C(=O)Nc1ccc(Cl)cc1. The number of rotatable bonds is 5. The summed E-state index contributed by atoms with van der Waals surface area (Å²) in [7, 11) is 0. The predicted molar refractivity (Wildman–Crippen MR) is 103 cm³/mol. The largest absolute Gasteiger partial charge is 0.480 e. The van der Waals surface area contributed by atoms with Crippen LogP contribution in [0.5, 0.6) is 0 Å². The monoisotopic (exact) mass is 379 g/mol. The van der Waals surface area contributed by atoms with Gasteiger partial charge in [0.1, 0.15) is 18.2 Å². The van der Waals surface area contributed by atoms with Gasteiger partial charge in [0.05, 0.1) is 0 Å². The fourth-order valence-corrected chi connectivity index (χ4v) is 2.83. The van der Waals surface area contributed by atoms with Crippen molar-refractivity contribution in [2.45, 2.75) is 6.54 Å². The fraction of sp³-hybridized carbons (Fsp3) is 0.0500. The summed E-state index contributed by atoms with van der Waals surface area (Å²) in [5.74, 6) is -1.54. The maximum absolute atomic E-state index is 12.4. The van der Waals surface area contributed by atoms with Crippen molar-refractivity contribution in [2.75, 3.05) is 5.32 Å². The Morgan fingerprint density at radius 3 is 2.56 bits per heavy atom. The Kier molecular flexibility index (Phi) is 5.25. The van der Waals surface area contributed by atoms with Crippen LogP contribution in [-0.2, 0) is 16.1 Å². The lowest BCUT2D eigenvalue weighted by Crippen LogP contribution is -2.13. The van der Waals surface area contributed by atoms with Crippen molar-refractivity contribution in [3.63, 3.8) is 0 Å². The molecule has 0 aliphatic heterocycles. The van der Waals surface area contributed by atoms with E-state index in [-0.39, 0.29) is 12.1 Å². The first kappa shape index (κ1) is 18.2. The van der Waals surface area contributed by atoms with Gasteiger partial charge < -0.3 is 15.0 Å². The van der Waals surface area contributed by atoms with E-state index in [4.69, 9.17) is 16.7 Å². The highest BCUT2D eigenvalue weighted by atomic mass is 35.5. The number of anilines is 1. The Bertz CT molecular complexity index is 1090. The molecule has 27 heavy (non-hydrogen) atoms. The summed E-state index contributed by atoms with van der Waals surface area (Å²) < 4.78 is 1.57. The fourth-order valence-electron chi connectivity index (χ4n) is 2.70. The molecule has 2 N–H and O–H groups in total. The third-order valence-electron chi connectivity index (χ3n) is 3.89. The standard InChI is InChI=1S/C20H14ClN3O3/c21-15-5-7-16(8-6-15)23-20(27)13(10-22)9-14-11-24(12-19(25)26)18-4-2-1-3-17(14)18/h1-9,11H,12H2,(H,23,27)(H,25,26)/b13-9-. The highest BCUT2D eigenvalue weighted by molar-refractivity contribution is 6.30. The van der Waals surface area contributed by atoms with E-state index in [1.54, 1.807) is 47.2 Å². The van der Waals surface area contributed by atoms with Gasteiger partial charge in [0.25, 0.3) is 5.91 Å². The topological polar surface area (TPSA) is 95.1 Å². The number of halogens is 1. The number of benzene rings is 2. The second-order valence-electron chi connectivity index (χ2n) is 5.75. The van der Waals surface area contributed by atoms with E-state index >= 15 is 0 Å². The zero-order valence-corrected chi connectivity index (χ0v) is 14.8. The summed E-state index contributed by atoms with van der Waals surface area (Å²) in [6.07, 6.45) is 3.07. The average Bonchev–Trinajstić information content (AvgIpc) is 2.98. The Morgan fingerprint density at radius 1 is 1.19 bits per heavy atom. The Hall–Kier alpha value is -3.56. The number of hydrogen-bond donors (Lipinski definition) is 2. The predicted octanol–water partition coefficient (Wildman–Crippen LogP) is 3.92. The zero-order chi connectivity index (χ0) is 19.4. The average molecular weight is 380 g/mol. The van der Waals surface area contributed by atoms with E-state index in [1.165, 1.54) is 6.08 Å². The van der Waals surface area contributed by atoms with Gasteiger partial charge in [-0.25, -0.2) is 0 Å². The molecule has 0 saturated heterocycles. The first-order valence-electron chi connectivity index (χ1n) is 7.96. The normalized spacial score (nSPS) is 11.2. The van der Waals surface area contributed by atoms with Gasteiger partial charge in [0.15, 0.2) is 0 Å². The van der Waals surface area contributed by atoms with E-state index in [1.807, 2.05) is 18.2 Å². The highest BCUT2D eigenvalue weighted by Gasteiger charge is 2.13. The van der Waals surface area contributed by atoms with Crippen LogP contribution in [0.3, 0.4) is 0 Å². The van der Waals surface area contributed by atoms with Gasteiger partial charge in [-0.2, -0.15) is 5.26 Å². The lowest BCUT2D eigenvalue weighted by molar-refractivity contribution is -0.137. The molecule has 6 nitrogen and oxygen atoms in total. The maximum atomic E-state index is 12.4. The van der Waals surface area contributed by atoms with E-state index < -0.39 is 11.9 Å². The Labute approximate surface area is 159 Å². The molecule has 0 fully saturated rings. The smallest absolute Gasteiger partial charge is 0.323 e. The van der Waals surface area contributed by atoms with Gasteiger partial charge >= 0.3 is 5.97 Å². The third-order valence-corrected chi connectivity index (χ3v) is 4.14. The van der Waals surface area contributed by atoms with Crippen LogP contribution in [0.15, 0.2) is 60.3 Å². The second-order valence-corrected chi connectivity index (χ2v) is 6.19. The molecule has 3 rings (SSSR count). The number of hydrogen-bond acceptors (Lipinski definition) is 3. The van der Waals surface area contributed by atoms with Gasteiger partial charge in [-0.15, -0.1) is 0 Å². The molecule has 3 aromatic rings. The number of nitrogens with one attached hydrogen (secondary N) is 1. The summed E-state index contributed by atoms with van der Waals surface area (Å²) in [5.41, 5.74) is 1.72. The van der Waals surface area contributed by atoms with Gasteiger partial charge in [-0.05, 0) is 36.4 Å². The Morgan fingerprint density at radius 2 is 1.89 bits per heavy atom. The Balaban J connectivity index is 1.95. The number of aliphatic carboxylic acids is 1. The quantitative estimate of drug-likeness (QED) is 0.518. The van der Waals surface area contributed by atoms with E-state index in [0.717, 1.165) is 5.39 Å². The minimum atomic E-state index is -0.979. The molecular formula is C20H14ClN3O3. The molecule has 134 valence electrons. The van der Waals surface area contributed by atoms with Crippen LogP contribution in [0.4, 0.5) is 5.69 Å². The van der Waals surface area contributed by atoms with Gasteiger partial charge in [0, 0.05) is 33.4 Å². The van der Waals surface area contributed by atoms with Crippen LogP contribution in [-0.4, -0.2) is 21.6 Å². The number of para-hydroxylation sites is 1. The van der Waals surface area contributed by atoms with Gasteiger partial charge in [-0.1, -0.05) is 29.8 Å². The molecular weight excluding hydrogens is 366 g/mol. The van der Waals surface area contributed by atoms with Crippen LogP contribution in [0.2, 0.25) is 5.02 Å². The number of amides is 1. The number of aromatic nitrogens is 1. The first-order chi connectivity index (χ1) is 13.0. The lowest BCUT2D eigenvalue weighted by atomic mass is 10.1. The van der Waals surface area contributed by atoms with Crippen LogP contribution >= 0.6 is 11.6 Å². The van der Waals surface area contributed by atoms with Crippen molar-refractivity contribution < 1.29 is 14.7 Å². The molecule has 0 radical (unpaired) electrons. The molecule has 0 unspecified atom stereocenters. The molecule has 2 aromatic carbocycles. The summed E-state index contributed by atoms with van der Waals surface area (Å²) in [6, 6.07) is 15.6. The van der Waals surface area contributed by atoms with Gasteiger partial charge in [0.2, 0.25) is 0 Å². The summed E-state index contributed by atoms with van der Waals surface area (Å²) >= 11 is 5.82. The van der Waals surface area contributed by atoms with Crippen LogP contribution in [0.1, 0.15) is 5.56 Å². The van der Waals surface area contributed by atoms with Crippen molar-refractivity contribution in [1.29, 1.82) is 5.26 Å². The zero-order valence-electron chi connectivity index (χ0n) is 14.0. The van der Waals surface area contributed by atoms with Crippen molar-refractivity contribution in [2.24, 2.45) is 0 Å². The summed E-state index contributed by atoms with van der Waals surface area (Å²) in [6.45, 7) is -0.215. The van der Waals surface area contributed by atoms with Crippen molar-refractivity contribution in [3.05, 3.63) is 70.9 Å². The molecule has 1 aromatic heterocycles. The lowest BCUT2D eigenvalue weighted by Gasteiger charge is -2.04.